The molecule has 0 radical (unpaired) electrons. The number of carbonyl (C=O) groups is 2. The molecule has 3 aromatic rings. The molecule has 0 aromatic heterocycles. The first-order valence-corrected chi connectivity index (χ1v) is 15.9. The molecule has 0 bridgehead atoms. The first-order valence-electron chi connectivity index (χ1n) is 14.5. The number of anilines is 1. The van der Waals surface area contributed by atoms with E-state index in [2.05, 4.69) is 5.32 Å². The van der Waals surface area contributed by atoms with Gasteiger partial charge in [-0.15, -0.1) is 0 Å². The monoisotopic (exact) mass is 575 g/mol. The third-order valence-corrected chi connectivity index (χ3v) is 9.57. The van der Waals surface area contributed by atoms with Crippen LogP contribution in [0.4, 0.5) is 5.69 Å². The van der Waals surface area contributed by atoms with Crippen LogP contribution in [0.5, 0.6) is 0 Å². The summed E-state index contributed by atoms with van der Waals surface area (Å²) in [5, 5.41) is 3.15. The Morgan fingerprint density at radius 3 is 2.05 bits per heavy atom. The molecule has 0 spiro atoms. The van der Waals surface area contributed by atoms with Crippen LogP contribution in [0.3, 0.4) is 0 Å². The molecule has 1 aliphatic rings. The highest BCUT2D eigenvalue weighted by atomic mass is 32.2. The molecule has 1 saturated carbocycles. The Morgan fingerprint density at radius 2 is 1.46 bits per heavy atom. The van der Waals surface area contributed by atoms with Crippen molar-refractivity contribution in [2.24, 2.45) is 0 Å². The summed E-state index contributed by atoms with van der Waals surface area (Å²) in [6.07, 6.45) is 5.02. The molecule has 1 N–H and O–H groups in total. The van der Waals surface area contributed by atoms with Crippen LogP contribution in [-0.2, 0) is 26.0 Å². The highest BCUT2D eigenvalue weighted by Crippen LogP contribution is 2.25. The summed E-state index contributed by atoms with van der Waals surface area (Å²) < 4.78 is 29.1. The van der Waals surface area contributed by atoms with Crippen LogP contribution in [0, 0.1) is 13.8 Å². The topological polar surface area (TPSA) is 86.8 Å². The molecule has 0 unspecified atom stereocenters. The molecular formula is C33H41N3O4S. The lowest BCUT2D eigenvalue weighted by molar-refractivity contribution is -0.139. The number of hydrogen-bond donors (Lipinski definition) is 1. The van der Waals surface area contributed by atoms with Gasteiger partial charge in [-0.05, 0) is 69.4 Å². The number of hydrogen-bond acceptors (Lipinski definition) is 4. The normalized spacial score (nSPS) is 14.4. The van der Waals surface area contributed by atoms with Crippen molar-refractivity contribution in [3.05, 3.63) is 95.6 Å². The molecule has 8 heteroatoms. The van der Waals surface area contributed by atoms with Gasteiger partial charge in [-0.2, -0.15) is 0 Å². The highest BCUT2D eigenvalue weighted by molar-refractivity contribution is 7.92. The summed E-state index contributed by atoms with van der Waals surface area (Å²) in [4.78, 5) is 29.3. The summed E-state index contributed by atoms with van der Waals surface area (Å²) >= 11 is 0. The molecule has 1 fully saturated rings. The first kappa shape index (κ1) is 30.3. The minimum Gasteiger partial charge on any atom is -0.352 e. The number of amides is 2. The van der Waals surface area contributed by atoms with E-state index in [0.717, 1.165) is 46.7 Å². The van der Waals surface area contributed by atoms with E-state index in [9.17, 15) is 18.0 Å². The first-order chi connectivity index (χ1) is 19.7. The molecule has 41 heavy (non-hydrogen) atoms. The predicted molar refractivity (Wildman–Crippen MR) is 163 cm³/mol. The number of aryl methyl sites for hydroxylation is 2. The van der Waals surface area contributed by atoms with Crippen LogP contribution in [0.25, 0.3) is 0 Å². The number of sulfonamides is 1. The Hall–Kier alpha value is -3.65. The molecule has 3 aromatic carbocycles. The van der Waals surface area contributed by atoms with Crippen molar-refractivity contribution >= 4 is 27.5 Å². The van der Waals surface area contributed by atoms with E-state index in [1.54, 1.807) is 41.3 Å². The van der Waals surface area contributed by atoms with E-state index >= 15 is 0 Å². The maximum absolute atomic E-state index is 14.1. The Balaban J connectivity index is 1.66. The molecule has 218 valence electrons. The number of nitrogens with one attached hydrogen (secondary N) is 1. The molecule has 7 nitrogen and oxygen atoms in total. The number of benzene rings is 3. The largest absolute Gasteiger partial charge is 0.352 e. The van der Waals surface area contributed by atoms with E-state index in [1.165, 1.54) is 0 Å². The average molecular weight is 576 g/mol. The van der Waals surface area contributed by atoms with E-state index < -0.39 is 28.5 Å². The molecule has 0 saturated heterocycles. The number of nitrogens with zero attached hydrogens (tertiary/aromatic N) is 2. The van der Waals surface area contributed by atoms with E-state index in [4.69, 9.17) is 0 Å². The maximum Gasteiger partial charge on any atom is 0.264 e. The zero-order valence-corrected chi connectivity index (χ0v) is 25.1. The van der Waals surface area contributed by atoms with Gasteiger partial charge in [0.15, 0.2) is 0 Å². The van der Waals surface area contributed by atoms with Crippen LogP contribution >= 0.6 is 0 Å². The van der Waals surface area contributed by atoms with Gasteiger partial charge in [0.25, 0.3) is 10.0 Å². The van der Waals surface area contributed by atoms with Crippen LogP contribution in [-0.4, -0.2) is 50.3 Å². The lowest BCUT2D eigenvalue weighted by Gasteiger charge is -2.33. The number of rotatable bonds is 12. The van der Waals surface area contributed by atoms with E-state index in [-0.39, 0.29) is 16.8 Å². The molecule has 4 rings (SSSR count). The summed E-state index contributed by atoms with van der Waals surface area (Å²) in [5.74, 6) is -0.588. The zero-order chi connectivity index (χ0) is 29.4. The van der Waals surface area contributed by atoms with Crippen LogP contribution in [0.15, 0.2) is 83.8 Å². The Kier molecular flexibility index (Phi) is 10.2. The van der Waals surface area contributed by atoms with Crippen molar-refractivity contribution < 1.29 is 18.0 Å². The highest BCUT2D eigenvalue weighted by Gasteiger charge is 2.34. The van der Waals surface area contributed by atoms with Crippen molar-refractivity contribution in [2.45, 2.75) is 76.3 Å². The fourth-order valence-corrected chi connectivity index (χ4v) is 6.75. The fourth-order valence-electron chi connectivity index (χ4n) is 5.34. The van der Waals surface area contributed by atoms with Crippen LogP contribution in [0.1, 0.15) is 55.7 Å². The third kappa shape index (κ3) is 7.76. The maximum atomic E-state index is 14.1. The van der Waals surface area contributed by atoms with Crippen LogP contribution in [0.2, 0.25) is 0 Å². The van der Waals surface area contributed by atoms with Crippen LogP contribution < -0.4 is 9.62 Å². The SMILES string of the molecule is CC[C@@H](C(=O)NC1CCCC1)N(CCc1ccccc1)C(=O)CN(c1ccc(C)cc1)S(=O)(=O)c1ccc(C)cc1. The second-order valence-corrected chi connectivity index (χ2v) is 12.8. The Labute approximate surface area is 244 Å². The van der Waals surface area contributed by atoms with Gasteiger partial charge in [0, 0.05) is 12.6 Å². The summed E-state index contributed by atoms with van der Waals surface area (Å²) in [7, 11) is -4.07. The second-order valence-electron chi connectivity index (χ2n) is 10.9. The lowest BCUT2D eigenvalue weighted by atomic mass is 10.1. The van der Waals surface area contributed by atoms with Gasteiger partial charge >= 0.3 is 0 Å². The quantitative estimate of drug-likeness (QED) is 0.313. The van der Waals surface area contributed by atoms with E-state index in [0.29, 0.717) is 25.1 Å². The zero-order valence-electron chi connectivity index (χ0n) is 24.3. The minimum absolute atomic E-state index is 0.110. The fraction of sp³-hybridized carbons (Fsp3) is 0.394. The van der Waals surface area contributed by atoms with Crippen molar-refractivity contribution in [3.8, 4) is 0 Å². The average Bonchev–Trinajstić information content (AvgIpc) is 3.48. The van der Waals surface area contributed by atoms with Crippen molar-refractivity contribution in [3.63, 3.8) is 0 Å². The summed E-state index contributed by atoms with van der Waals surface area (Å²) in [6.45, 7) is 5.59. The van der Waals surface area contributed by atoms with Crippen molar-refractivity contribution in [1.29, 1.82) is 0 Å². The van der Waals surface area contributed by atoms with E-state index in [1.807, 2.05) is 63.2 Å². The molecule has 1 atom stereocenters. The third-order valence-electron chi connectivity index (χ3n) is 7.78. The Bertz CT molecular complexity index is 1400. The molecule has 2 amide bonds. The van der Waals surface area contributed by atoms with Crippen molar-refractivity contribution in [2.75, 3.05) is 17.4 Å². The second kappa shape index (κ2) is 13.8. The smallest absolute Gasteiger partial charge is 0.264 e. The lowest BCUT2D eigenvalue weighted by Crippen LogP contribution is -2.54. The van der Waals surface area contributed by atoms with Gasteiger partial charge in [-0.25, -0.2) is 8.42 Å². The van der Waals surface area contributed by atoms with Gasteiger partial charge < -0.3 is 10.2 Å². The Morgan fingerprint density at radius 1 is 0.878 bits per heavy atom. The molecule has 1 aliphatic carbocycles. The van der Waals surface area contributed by atoms with Crippen molar-refractivity contribution in [1.82, 2.24) is 10.2 Å². The standard InChI is InChI=1S/C33H41N3O4S/c1-4-31(33(38)34-28-12-8-9-13-28)35(23-22-27-10-6-5-7-11-27)32(37)24-36(29-18-14-25(2)15-19-29)41(39,40)30-20-16-26(3)17-21-30/h5-7,10-11,14-21,28,31H,4,8-9,12-13,22-24H2,1-3H3,(H,34,38)/t31-/m0/s1. The molecule has 0 aliphatic heterocycles. The van der Waals surface area contributed by atoms with Gasteiger partial charge in [0.1, 0.15) is 12.6 Å². The summed E-state index contributed by atoms with van der Waals surface area (Å²) in [6, 6.07) is 22.9. The molecule has 0 heterocycles. The minimum atomic E-state index is -4.07. The number of carbonyl (C=O) groups excluding carboxylic acids is 2. The van der Waals surface area contributed by atoms with Gasteiger partial charge in [0.05, 0.1) is 10.6 Å². The molecular weight excluding hydrogens is 534 g/mol. The van der Waals surface area contributed by atoms with Gasteiger partial charge in [-0.1, -0.05) is 85.5 Å². The van der Waals surface area contributed by atoms with Gasteiger partial charge in [0.2, 0.25) is 11.8 Å². The van der Waals surface area contributed by atoms with Gasteiger partial charge in [-0.3, -0.25) is 13.9 Å². The summed E-state index contributed by atoms with van der Waals surface area (Å²) in [5.41, 5.74) is 3.36. The predicted octanol–water partition coefficient (Wildman–Crippen LogP) is 5.41.